The van der Waals surface area contributed by atoms with Gasteiger partial charge in [-0.25, -0.2) is 0 Å². The van der Waals surface area contributed by atoms with E-state index in [0.717, 1.165) is 13.2 Å². The van der Waals surface area contributed by atoms with E-state index in [9.17, 15) is 0 Å². The van der Waals surface area contributed by atoms with Crippen LogP contribution < -0.4 is 0 Å². The lowest BCUT2D eigenvalue weighted by Gasteiger charge is -2.04. The molecule has 1 saturated heterocycles. The van der Waals surface area contributed by atoms with Gasteiger partial charge in [-0.15, -0.1) is 0 Å². The first-order valence-electron chi connectivity index (χ1n) is 6.40. The Morgan fingerprint density at radius 1 is 0.895 bits per heavy atom. The molecule has 1 atom stereocenters. The molecule has 19 heavy (non-hydrogen) atoms. The van der Waals surface area contributed by atoms with Gasteiger partial charge in [0.05, 0.1) is 66.1 Å². The second-order valence-electron chi connectivity index (χ2n) is 3.70. The molecular weight excluding hydrogens is 256 g/mol. The van der Waals surface area contributed by atoms with E-state index in [1.54, 1.807) is 7.11 Å². The van der Waals surface area contributed by atoms with Crippen LogP contribution in [0.2, 0.25) is 0 Å². The Bertz CT molecular complexity index is 154. The standard InChI is InChI=1S/C8H18O5.C4H8O2/c9-1-3-11-5-7-13-8-6-12-4-2-10;1-5-2-4-3-6-4/h9-10H,1-8H2;4H,2-3H2,1H3. The van der Waals surface area contributed by atoms with Gasteiger partial charge in [-0.2, -0.15) is 0 Å². The smallest absolute Gasteiger partial charge is 0.104 e. The molecular formula is C12H26O7. The summed E-state index contributed by atoms with van der Waals surface area (Å²) in [5.41, 5.74) is 0. The zero-order valence-corrected chi connectivity index (χ0v) is 11.6. The fourth-order valence-electron chi connectivity index (χ4n) is 1.02. The van der Waals surface area contributed by atoms with Crippen molar-refractivity contribution in [3.63, 3.8) is 0 Å². The fourth-order valence-corrected chi connectivity index (χ4v) is 1.02. The van der Waals surface area contributed by atoms with E-state index in [-0.39, 0.29) is 13.2 Å². The highest BCUT2D eigenvalue weighted by Gasteiger charge is 2.21. The maximum atomic E-state index is 8.36. The molecule has 0 amide bonds. The number of methoxy groups -OCH3 is 1. The molecule has 1 unspecified atom stereocenters. The van der Waals surface area contributed by atoms with Gasteiger partial charge < -0.3 is 33.9 Å². The molecule has 0 aromatic rings. The number of aliphatic hydroxyl groups excluding tert-OH is 2. The number of rotatable bonds is 12. The van der Waals surface area contributed by atoms with E-state index in [4.69, 9.17) is 33.9 Å². The van der Waals surface area contributed by atoms with Crippen molar-refractivity contribution in [3.05, 3.63) is 0 Å². The Hall–Kier alpha value is -0.280. The molecule has 1 heterocycles. The molecule has 0 aromatic carbocycles. The summed E-state index contributed by atoms with van der Waals surface area (Å²) in [5, 5.41) is 16.7. The number of epoxide rings is 1. The SMILES string of the molecule is COCC1CO1.OCCOCCOCCOCCO. The first-order valence-corrected chi connectivity index (χ1v) is 6.40. The molecule has 0 bridgehead atoms. The summed E-state index contributed by atoms with van der Waals surface area (Å²) in [6.45, 7) is 4.42. The predicted molar refractivity (Wildman–Crippen MR) is 68.2 cm³/mol. The largest absolute Gasteiger partial charge is 0.394 e. The molecule has 0 aliphatic carbocycles. The third-order valence-corrected chi connectivity index (χ3v) is 1.97. The molecule has 1 aliphatic rings. The molecule has 1 fully saturated rings. The number of ether oxygens (including phenoxy) is 5. The Morgan fingerprint density at radius 3 is 1.58 bits per heavy atom. The molecule has 1 aliphatic heterocycles. The topological polar surface area (TPSA) is 89.9 Å². The number of hydrogen-bond donors (Lipinski definition) is 2. The van der Waals surface area contributed by atoms with Crippen LogP contribution in [0.15, 0.2) is 0 Å². The van der Waals surface area contributed by atoms with Crippen molar-refractivity contribution in [3.8, 4) is 0 Å². The summed E-state index contributed by atoms with van der Waals surface area (Å²) in [5.74, 6) is 0. The van der Waals surface area contributed by atoms with E-state index in [0.29, 0.717) is 45.7 Å². The third-order valence-electron chi connectivity index (χ3n) is 1.97. The van der Waals surface area contributed by atoms with Crippen molar-refractivity contribution >= 4 is 0 Å². The van der Waals surface area contributed by atoms with Crippen LogP contribution in [-0.2, 0) is 23.7 Å². The summed E-state index contributed by atoms with van der Waals surface area (Å²) >= 11 is 0. The highest BCUT2D eigenvalue weighted by molar-refractivity contribution is 4.66. The van der Waals surface area contributed by atoms with Gasteiger partial charge in [-0.1, -0.05) is 0 Å². The third kappa shape index (κ3) is 17.7. The summed E-state index contributed by atoms with van der Waals surface area (Å²) in [7, 11) is 1.68. The lowest BCUT2D eigenvalue weighted by molar-refractivity contribution is 0.00230. The first-order chi connectivity index (χ1) is 9.35. The van der Waals surface area contributed by atoms with Gasteiger partial charge in [0.1, 0.15) is 6.10 Å². The molecule has 0 spiro atoms. The van der Waals surface area contributed by atoms with Gasteiger partial charge in [0.15, 0.2) is 0 Å². The highest BCUT2D eigenvalue weighted by Crippen LogP contribution is 2.06. The average molecular weight is 282 g/mol. The van der Waals surface area contributed by atoms with Crippen LogP contribution in [0.3, 0.4) is 0 Å². The van der Waals surface area contributed by atoms with E-state index in [2.05, 4.69) is 0 Å². The van der Waals surface area contributed by atoms with Crippen molar-refractivity contribution in [1.82, 2.24) is 0 Å². The maximum absolute atomic E-state index is 8.36. The fraction of sp³-hybridized carbons (Fsp3) is 1.00. The summed E-state index contributed by atoms with van der Waals surface area (Å²) in [6.07, 6.45) is 0.426. The molecule has 2 N–H and O–H groups in total. The zero-order chi connectivity index (χ0) is 14.2. The van der Waals surface area contributed by atoms with Crippen LogP contribution in [0.4, 0.5) is 0 Å². The van der Waals surface area contributed by atoms with E-state index < -0.39 is 0 Å². The highest BCUT2D eigenvalue weighted by atomic mass is 16.6. The molecule has 1 rings (SSSR count). The predicted octanol–water partition coefficient (Wildman–Crippen LogP) is -0.948. The van der Waals surface area contributed by atoms with Gasteiger partial charge >= 0.3 is 0 Å². The summed E-state index contributed by atoms with van der Waals surface area (Å²) in [4.78, 5) is 0. The van der Waals surface area contributed by atoms with Gasteiger partial charge in [0, 0.05) is 7.11 Å². The lowest BCUT2D eigenvalue weighted by atomic mass is 10.5. The van der Waals surface area contributed by atoms with E-state index in [1.807, 2.05) is 0 Å². The van der Waals surface area contributed by atoms with Crippen LogP contribution in [0.25, 0.3) is 0 Å². The number of aliphatic hydroxyl groups is 2. The normalized spacial score (nSPS) is 16.9. The van der Waals surface area contributed by atoms with Gasteiger partial charge in [0.25, 0.3) is 0 Å². The number of hydrogen-bond acceptors (Lipinski definition) is 7. The van der Waals surface area contributed by atoms with Gasteiger partial charge in [-0.3, -0.25) is 0 Å². The van der Waals surface area contributed by atoms with E-state index in [1.165, 1.54) is 0 Å². The second-order valence-corrected chi connectivity index (χ2v) is 3.70. The summed E-state index contributed by atoms with van der Waals surface area (Å²) in [6, 6.07) is 0. The van der Waals surface area contributed by atoms with Crippen LogP contribution in [0.5, 0.6) is 0 Å². The molecule has 116 valence electrons. The van der Waals surface area contributed by atoms with Crippen LogP contribution in [-0.4, -0.2) is 89.5 Å². The Labute approximate surface area is 114 Å². The Morgan fingerprint density at radius 2 is 1.32 bits per heavy atom. The first kappa shape index (κ1) is 18.7. The molecule has 0 saturated carbocycles. The van der Waals surface area contributed by atoms with Crippen LogP contribution in [0, 0.1) is 0 Å². The molecule has 7 nitrogen and oxygen atoms in total. The van der Waals surface area contributed by atoms with Crippen LogP contribution >= 0.6 is 0 Å². The monoisotopic (exact) mass is 282 g/mol. The van der Waals surface area contributed by atoms with Crippen molar-refractivity contribution < 1.29 is 33.9 Å². The lowest BCUT2D eigenvalue weighted by Crippen LogP contribution is -2.11. The van der Waals surface area contributed by atoms with Gasteiger partial charge in [-0.05, 0) is 0 Å². The minimum absolute atomic E-state index is 0.0413. The second kappa shape index (κ2) is 15.8. The van der Waals surface area contributed by atoms with Gasteiger partial charge in [0.2, 0.25) is 0 Å². The Balaban J connectivity index is 0.000000443. The van der Waals surface area contributed by atoms with Crippen molar-refractivity contribution in [2.75, 3.05) is 73.2 Å². The average Bonchev–Trinajstić information content (AvgIpc) is 3.22. The minimum atomic E-state index is 0.0413. The van der Waals surface area contributed by atoms with Crippen molar-refractivity contribution in [2.24, 2.45) is 0 Å². The molecule has 0 radical (unpaired) electrons. The maximum Gasteiger partial charge on any atom is 0.104 e. The summed E-state index contributed by atoms with van der Waals surface area (Å²) < 4.78 is 24.6. The van der Waals surface area contributed by atoms with Crippen molar-refractivity contribution in [2.45, 2.75) is 6.10 Å². The minimum Gasteiger partial charge on any atom is -0.394 e. The Kier molecular flexibility index (Phi) is 15.5. The molecule has 0 aromatic heterocycles. The zero-order valence-electron chi connectivity index (χ0n) is 11.6. The molecule has 7 heteroatoms. The van der Waals surface area contributed by atoms with E-state index >= 15 is 0 Å². The van der Waals surface area contributed by atoms with Crippen LogP contribution in [0.1, 0.15) is 0 Å². The quantitative estimate of drug-likeness (QED) is 0.352. The van der Waals surface area contributed by atoms with Crippen molar-refractivity contribution in [1.29, 1.82) is 0 Å².